The number of carbonyl (C=O) groups is 2. The lowest BCUT2D eigenvalue weighted by Crippen LogP contribution is -2.39. The molecule has 1 aliphatic rings. The highest BCUT2D eigenvalue weighted by Gasteiger charge is 2.30. The Labute approximate surface area is 203 Å². The van der Waals surface area contributed by atoms with Gasteiger partial charge in [-0.05, 0) is 37.5 Å². The van der Waals surface area contributed by atoms with E-state index in [0.717, 1.165) is 36.8 Å². The summed E-state index contributed by atoms with van der Waals surface area (Å²) in [7, 11) is 0. The van der Waals surface area contributed by atoms with Crippen LogP contribution in [0.5, 0.6) is 0 Å². The highest BCUT2D eigenvalue weighted by Crippen LogP contribution is 2.31. The van der Waals surface area contributed by atoms with Crippen LogP contribution in [0.3, 0.4) is 0 Å². The number of aromatic nitrogens is 2. The van der Waals surface area contributed by atoms with E-state index in [1.807, 2.05) is 54.3 Å². The predicted octanol–water partition coefficient (Wildman–Crippen LogP) is 5.97. The fraction of sp³-hybridized carbons (Fsp3) is 0.360. The van der Waals surface area contributed by atoms with Gasteiger partial charge in [-0.25, -0.2) is 0 Å². The molecule has 1 heterocycles. The second-order valence-corrected chi connectivity index (χ2v) is 9.73. The topological polar surface area (TPSA) is 75.2 Å². The summed E-state index contributed by atoms with van der Waals surface area (Å²) in [5, 5.41) is 12.9. The number of amides is 2. The maximum absolute atomic E-state index is 13.3. The van der Waals surface area contributed by atoms with Crippen LogP contribution in [0.25, 0.3) is 10.6 Å². The average Bonchev–Trinajstić information content (AvgIpc) is 3.53. The Hall–Kier alpha value is -2.77. The van der Waals surface area contributed by atoms with E-state index in [1.54, 1.807) is 12.1 Å². The summed E-state index contributed by atoms with van der Waals surface area (Å²) < 4.78 is 0. The number of carbonyl (C=O) groups excluding carboxylic acids is 2. The fourth-order valence-corrected chi connectivity index (χ4v) is 5.09. The van der Waals surface area contributed by atoms with Crippen LogP contribution in [0.1, 0.15) is 50.6 Å². The van der Waals surface area contributed by atoms with Gasteiger partial charge >= 0.3 is 0 Å². The van der Waals surface area contributed by atoms with E-state index in [0.29, 0.717) is 21.7 Å². The number of benzene rings is 2. The number of nitrogens with zero attached hydrogens (tertiary/aromatic N) is 3. The van der Waals surface area contributed by atoms with Crippen LogP contribution < -0.4 is 5.32 Å². The highest BCUT2D eigenvalue weighted by atomic mass is 35.5. The summed E-state index contributed by atoms with van der Waals surface area (Å²) in [6.45, 7) is 2.39. The lowest BCUT2D eigenvalue weighted by molar-refractivity contribution is -0.138. The van der Waals surface area contributed by atoms with E-state index >= 15 is 0 Å². The van der Waals surface area contributed by atoms with Gasteiger partial charge in [0, 0.05) is 29.5 Å². The van der Waals surface area contributed by atoms with Crippen LogP contribution in [0.15, 0.2) is 54.6 Å². The molecule has 3 aromatic rings. The van der Waals surface area contributed by atoms with Crippen molar-refractivity contribution < 1.29 is 9.59 Å². The first-order valence-electron chi connectivity index (χ1n) is 11.3. The quantitative estimate of drug-likeness (QED) is 0.429. The summed E-state index contributed by atoms with van der Waals surface area (Å²) >= 11 is 7.25. The van der Waals surface area contributed by atoms with E-state index in [2.05, 4.69) is 15.5 Å². The maximum Gasteiger partial charge on any atom is 0.227 e. The van der Waals surface area contributed by atoms with Gasteiger partial charge in [0.2, 0.25) is 16.9 Å². The number of hydrogen-bond donors (Lipinski definition) is 1. The summed E-state index contributed by atoms with van der Waals surface area (Å²) in [6, 6.07) is 17.2. The second-order valence-electron chi connectivity index (χ2n) is 8.32. The predicted molar refractivity (Wildman–Crippen MR) is 132 cm³/mol. The molecule has 1 saturated carbocycles. The molecule has 1 N–H and O–H groups in total. The van der Waals surface area contributed by atoms with Crippen molar-refractivity contribution in [2.24, 2.45) is 5.92 Å². The minimum absolute atomic E-state index is 0.0596. The SMILES string of the molecule is CC(c1ccccc1)N(CCC(=O)Nc1nnc(-c2ccc(Cl)cc2)s1)C(=O)C1CCCC1. The normalized spacial score (nSPS) is 14.7. The number of halogens is 1. The first-order chi connectivity index (χ1) is 16.0. The molecule has 172 valence electrons. The largest absolute Gasteiger partial charge is 0.335 e. The molecule has 0 aliphatic heterocycles. The van der Waals surface area contributed by atoms with E-state index in [9.17, 15) is 9.59 Å². The Morgan fingerprint density at radius 2 is 1.79 bits per heavy atom. The van der Waals surface area contributed by atoms with Gasteiger partial charge in [-0.2, -0.15) is 0 Å². The van der Waals surface area contributed by atoms with Crippen LogP contribution in [0, 0.1) is 5.92 Å². The monoisotopic (exact) mass is 482 g/mol. The number of anilines is 1. The third-order valence-corrected chi connectivity index (χ3v) is 7.22. The molecule has 4 rings (SSSR count). The molecule has 0 radical (unpaired) electrons. The molecular weight excluding hydrogens is 456 g/mol. The summed E-state index contributed by atoms with van der Waals surface area (Å²) in [5.41, 5.74) is 1.96. The average molecular weight is 483 g/mol. The van der Waals surface area contributed by atoms with Gasteiger partial charge in [-0.3, -0.25) is 9.59 Å². The van der Waals surface area contributed by atoms with Crippen LogP contribution in [-0.2, 0) is 9.59 Å². The molecule has 1 atom stereocenters. The van der Waals surface area contributed by atoms with E-state index in [-0.39, 0.29) is 30.2 Å². The van der Waals surface area contributed by atoms with Crippen LogP contribution in [0.2, 0.25) is 5.02 Å². The van der Waals surface area contributed by atoms with Gasteiger partial charge < -0.3 is 10.2 Å². The van der Waals surface area contributed by atoms with Crippen LogP contribution in [-0.4, -0.2) is 33.5 Å². The van der Waals surface area contributed by atoms with Gasteiger partial charge in [0.1, 0.15) is 5.01 Å². The maximum atomic E-state index is 13.3. The van der Waals surface area contributed by atoms with Crippen molar-refractivity contribution in [3.63, 3.8) is 0 Å². The van der Waals surface area contributed by atoms with Crippen molar-refractivity contribution >= 4 is 39.9 Å². The molecule has 1 unspecified atom stereocenters. The van der Waals surface area contributed by atoms with E-state index in [1.165, 1.54) is 11.3 Å². The molecule has 0 bridgehead atoms. The Balaban J connectivity index is 1.40. The molecular formula is C25H27ClN4O2S. The lowest BCUT2D eigenvalue weighted by Gasteiger charge is -2.32. The minimum atomic E-state index is -0.182. The molecule has 1 aromatic heterocycles. The first kappa shape index (κ1) is 23.4. The Kier molecular flexibility index (Phi) is 7.73. The molecule has 0 spiro atoms. The molecule has 0 saturated heterocycles. The lowest BCUT2D eigenvalue weighted by atomic mass is 10.0. The fourth-order valence-electron chi connectivity index (χ4n) is 4.20. The summed E-state index contributed by atoms with van der Waals surface area (Å²) in [6.07, 6.45) is 4.25. The standard InChI is InChI=1S/C25H27ClN4O2S/c1-17(18-7-3-2-4-8-18)30(24(32)20-9-5-6-10-20)16-15-22(31)27-25-29-28-23(33-25)19-11-13-21(26)14-12-19/h2-4,7-8,11-14,17,20H,5-6,9-10,15-16H2,1H3,(H,27,29,31). The third-order valence-electron chi connectivity index (χ3n) is 6.08. The Morgan fingerprint density at radius 1 is 1.09 bits per heavy atom. The Morgan fingerprint density at radius 3 is 2.48 bits per heavy atom. The number of rotatable bonds is 8. The van der Waals surface area contributed by atoms with E-state index < -0.39 is 0 Å². The van der Waals surface area contributed by atoms with E-state index in [4.69, 9.17) is 11.6 Å². The van der Waals surface area contributed by atoms with Gasteiger partial charge in [-0.15, -0.1) is 10.2 Å². The smallest absolute Gasteiger partial charge is 0.227 e. The first-order valence-corrected chi connectivity index (χ1v) is 12.5. The van der Waals surface area contributed by atoms with Gasteiger partial charge in [0.15, 0.2) is 0 Å². The van der Waals surface area contributed by atoms with Crippen molar-refractivity contribution in [3.05, 3.63) is 65.2 Å². The van der Waals surface area contributed by atoms with Crippen LogP contribution in [0.4, 0.5) is 5.13 Å². The number of nitrogens with one attached hydrogen (secondary N) is 1. The third kappa shape index (κ3) is 5.97. The summed E-state index contributed by atoms with van der Waals surface area (Å²) in [4.78, 5) is 27.8. The molecule has 8 heteroatoms. The zero-order valence-electron chi connectivity index (χ0n) is 18.5. The molecule has 1 fully saturated rings. The molecule has 1 aliphatic carbocycles. The summed E-state index contributed by atoms with van der Waals surface area (Å²) in [5.74, 6) is 0.0280. The minimum Gasteiger partial charge on any atom is -0.335 e. The molecule has 2 aromatic carbocycles. The zero-order chi connectivity index (χ0) is 23.2. The second kappa shape index (κ2) is 10.9. The molecule has 2 amide bonds. The zero-order valence-corrected chi connectivity index (χ0v) is 20.1. The number of hydrogen-bond acceptors (Lipinski definition) is 5. The molecule has 33 heavy (non-hydrogen) atoms. The van der Waals surface area contributed by atoms with Crippen molar-refractivity contribution in [2.75, 3.05) is 11.9 Å². The van der Waals surface area contributed by atoms with Gasteiger partial charge in [0.05, 0.1) is 6.04 Å². The van der Waals surface area contributed by atoms with Gasteiger partial charge in [-0.1, -0.05) is 78.2 Å². The Bertz CT molecular complexity index is 1080. The van der Waals surface area contributed by atoms with Crippen molar-refractivity contribution in [2.45, 2.75) is 45.1 Å². The van der Waals surface area contributed by atoms with Crippen molar-refractivity contribution in [1.82, 2.24) is 15.1 Å². The molecule has 6 nitrogen and oxygen atoms in total. The highest BCUT2D eigenvalue weighted by molar-refractivity contribution is 7.18. The van der Waals surface area contributed by atoms with Crippen molar-refractivity contribution in [3.8, 4) is 10.6 Å². The van der Waals surface area contributed by atoms with Crippen molar-refractivity contribution in [1.29, 1.82) is 0 Å². The van der Waals surface area contributed by atoms with Gasteiger partial charge in [0.25, 0.3) is 0 Å². The van der Waals surface area contributed by atoms with Crippen LogP contribution >= 0.6 is 22.9 Å².